The van der Waals surface area contributed by atoms with E-state index in [1.165, 1.54) is 25.2 Å². The number of piperidine rings is 1. The lowest BCUT2D eigenvalue weighted by Crippen LogP contribution is -2.45. The molecule has 2 aliphatic heterocycles. The first-order valence-corrected chi connectivity index (χ1v) is 11.2. The number of carbonyl (C=O) groups excluding carboxylic acids is 3. The van der Waals surface area contributed by atoms with Gasteiger partial charge < -0.3 is 9.88 Å². The number of halogens is 1. The standard InChI is InChI=1S/C25H25FN4O3/c1-29-21(31)14-25(24(29)33,17-6-2-3-7-18(17)26)15-22(32)30-12-10-16(11-13-30)23-27-19-8-4-5-9-20(19)28-23/h2-9,16H,10-15H2,1H3,(H,27,28). The Morgan fingerprint density at radius 2 is 1.82 bits per heavy atom. The second kappa shape index (κ2) is 8.10. The Labute approximate surface area is 190 Å². The highest BCUT2D eigenvalue weighted by molar-refractivity contribution is 6.10. The molecule has 0 spiro atoms. The molecule has 0 saturated carbocycles. The third-order valence-corrected chi connectivity index (χ3v) is 7.03. The van der Waals surface area contributed by atoms with Crippen LogP contribution in [0.1, 0.15) is 43.0 Å². The summed E-state index contributed by atoms with van der Waals surface area (Å²) in [6.45, 7) is 1.04. The molecule has 3 amide bonds. The first-order valence-electron chi connectivity index (χ1n) is 11.2. The minimum absolute atomic E-state index is 0.109. The van der Waals surface area contributed by atoms with Crippen LogP contribution in [0.4, 0.5) is 4.39 Å². The zero-order valence-corrected chi connectivity index (χ0v) is 18.4. The normalized spacial score (nSPS) is 21.9. The summed E-state index contributed by atoms with van der Waals surface area (Å²) in [5.41, 5.74) is 0.528. The molecule has 2 aliphatic rings. The molecule has 3 heterocycles. The Kier molecular flexibility index (Phi) is 5.23. The topological polar surface area (TPSA) is 86.4 Å². The molecule has 5 rings (SSSR count). The van der Waals surface area contributed by atoms with E-state index in [-0.39, 0.29) is 30.2 Å². The Bertz CT molecular complexity index is 1210. The van der Waals surface area contributed by atoms with Crippen molar-refractivity contribution in [1.29, 1.82) is 0 Å². The maximum atomic E-state index is 14.7. The van der Waals surface area contributed by atoms with Gasteiger partial charge in [-0.15, -0.1) is 0 Å². The predicted octanol–water partition coefficient (Wildman–Crippen LogP) is 3.12. The number of fused-ring (bicyclic) bond motifs is 1. The lowest BCUT2D eigenvalue weighted by atomic mass is 9.75. The van der Waals surface area contributed by atoms with Crippen LogP contribution in [0.25, 0.3) is 11.0 Å². The van der Waals surface area contributed by atoms with E-state index in [2.05, 4.69) is 9.97 Å². The SMILES string of the molecule is CN1C(=O)CC(CC(=O)N2CCC(c3nc4ccccc4[nH]3)CC2)(c2ccccc2F)C1=O. The van der Waals surface area contributed by atoms with Gasteiger partial charge in [0, 0.05) is 44.5 Å². The number of hydrogen-bond donors (Lipinski definition) is 1. The zero-order valence-electron chi connectivity index (χ0n) is 18.4. The van der Waals surface area contributed by atoms with E-state index in [4.69, 9.17) is 0 Å². The van der Waals surface area contributed by atoms with Crippen LogP contribution in [0.15, 0.2) is 48.5 Å². The largest absolute Gasteiger partial charge is 0.343 e. The van der Waals surface area contributed by atoms with Crippen LogP contribution < -0.4 is 0 Å². The van der Waals surface area contributed by atoms with Crippen molar-refractivity contribution < 1.29 is 18.8 Å². The van der Waals surface area contributed by atoms with Gasteiger partial charge in [0.25, 0.3) is 0 Å². The molecule has 0 aliphatic carbocycles. The van der Waals surface area contributed by atoms with Crippen LogP contribution in [0.2, 0.25) is 0 Å². The van der Waals surface area contributed by atoms with E-state index in [9.17, 15) is 18.8 Å². The highest BCUT2D eigenvalue weighted by Crippen LogP contribution is 2.41. The van der Waals surface area contributed by atoms with E-state index in [0.29, 0.717) is 13.1 Å². The molecule has 1 N–H and O–H groups in total. The third kappa shape index (κ3) is 3.59. The van der Waals surface area contributed by atoms with Gasteiger partial charge in [0.1, 0.15) is 11.6 Å². The first kappa shape index (κ1) is 21.3. The second-order valence-electron chi connectivity index (χ2n) is 8.97. The van der Waals surface area contributed by atoms with Crippen LogP contribution in [0.5, 0.6) is 0 Å². The lowest BCUT2D eigenvalue weighted by molar-refractivity contribution is -0.141. The van der Waals surface area contributed by atoms with Crippen LogP contribution >= 0.6 is 0 Å². The van der Waals surface area contributed by atoms with Crippen LogP contribution in [0, 0.1) is 5.82 Å². The highest BCUT2D eigenvalue weighted by Gasteiger charge is 2.54. The summed E-state index contributed by atoms with van der Waals surface area (Å²) >= 11 is 0. The molecule has 1 aromatic heterocycles. The lowest BCUT2D eigenvalue weighted by Gasteiger charge is -2.34. The zero-order chi connectivity index (χ0) is 23.2. The fourth-order valence-corrected chi connectivity index (χ4v) is 5.12. The summed E-state index contributed by atoms with van der Waals surface area (Å²) < 4.78 is 14.7. The number of amides is 3. The quantitative estimate of drug-likeness (QED) is 0.622. The van der Waals surface area contributed by atoms with Crippen LogP contribution in [-0.4, -0.2) is 57.6 Å². The summed E-state index contributed by atoms with van der Waals surface area (Å²) in [5, 5.41) is 0. The molecule has 1 atom stereocenters. The Morgan fingerprint density at radius 3 is 2.48 bits per heavy atom. The van der Waals surface area contributed by atoms with E-state index < -0.39 is 23.0 Å². The van der Waals surface area contributed by atoms with Crippen molar-refractivity contribution in [1.82, 2.24) is 19.8 Å². The summed E-state index contributed by atoms with van der Waals surface area (Å²) in [6.07, 6.45) is 1.05. The van der Waals surface area contributed by atoms with Crippen molar-refractivity contribution in [3.05, 3.63) is 65.7 Å². The summed E-state index contributed by atoms with van der Waals surface area (Å²) in [7, 11) is 1.39. The fraction of sp³-hybridized carbons (Fsp3) is 0.360. The minimum atomic E-state index is -1.50. The number of imide groups is 1. The molecule has 2 saturated heterocycles. The number of rotatable bonds is 4. The smallest absolute Gasteiger partial charge is 0.240 e. The molecule has 3 aromatic rings. The number of nitrogens with zero attached hydrogens (tertiary/aromatic N) is 3. The molecule has 2 fully saturated rings. The van der Waals surface area contributed by atoms with Gasteiger partial charge in [-0.2, -0.15) is 0 Å². The number of likely N-dealkylation sites (tertiary alicyclic amines) is 2. The molecular weight excluding hydrogens is 423 g/mol. The predicted molar refractivity (Wildman–Crippen MR) is 120 cm³/mol. The number of aromatic amines is 1. The molecule has 7 nitrogen and oxygen atoms in total. The van der Waals surface area contributed by atoms with Gasteiger partial charge >= 0.3 is 0 Å². The van der Waals surface area contributed by atoms with Gasteiger partial charge in [-0.1, -0.05) is 30.3 Å². The maximum Gasteiger partial charge on any atom is 0.240 e. The number of H-pyrrole nitrogens is 1. The number of para-hydroxylation sites is 2. The first-order chi connectivity index (χ1) is 15.9. The molecule has 8 heteroatoms. The number of likely N-dealkylation sites (N-methyl/N-ethyl adjacent to an activating group) is 1. The van der Waals surface area contributed by atoms with Crippen molar-refractivity contribution in [2.24, 2.45) is 0 Å². The highest BCUT2D eigenvalue weighted by atomic mass is 19.1. The van der Waals surface area contributed by atoms with E-state index in [1.54, 1.807) is 11.0 Å². The molecule has 2 aromatic carbocycles. The number of nitrogens with one attached hydrogen (secondary N) is 1. The molecule has 0 radical (unpaired) electrons. The van der Waals surface area contributed by atoms with Gasteiger partial charge in [-0.05, 0) is 31.0 Å². The van der Waals surface area contributed by atoms with Crippen molar-refractivity contribution >= 4 is 28.8 Å². The monoisotopic (exact) mass is 448 g/mol. The van der Waals surface area contributed by atoms with E-state index >= 15 is 0 Å². The van der Waals surface area contributed by atoms with Gasteiger partial charge in [0.05, 0.1) is 16.4 Å². The van der Waals surface area contributed by atoms with Gasteiger partial charge in [-0.3, -0.25) is 19.3 Å². The number of benzene rings is 2. The van der Waals surface area contributed by atoms with E-state index in [1.807, 2.05) is 24.3 Å². The minimum Gasteiger partial charge on any atom is -0.343 e. The second-order valence-corrected chi connectivity index (χ2v) is 8.97. The number of carbonyl (C=O) groups is 3. The molecule has 1 unspecified atom stereocenters. The van der Waals surface area contributed by atoms with Crippen molar-refractivity contribution in [3.8, 4) is 0 Å². The Balaban J connectivity index is 1.33. The average Bonchev–Trinajstić information content (AvgIpc) is 3.35. The van der Waals surface area contributed by atoms with Gasteiger partial charge in [-0.25, -0.2) is 9.37 Å². The van der Waals surface area contributed by atoms with Gasteiger partial charge in [0.2, 0.25) is 17.7 Å². The Hall–Kier alpha value is -3.55. The number of hydrogen-bond acceptors (Lipinski definition) is 4. The van der Waals surface area contributed by atoms with Crippen LogP contribution in [-0.2, 0) is 19.8 Å². The van der Waals surface area contributed by atoms with Crippen LogP contribution in [0.3, 0.4) is 0 Å². The summed E-state index contributed by atoms with van der Waals surface area (Å²) in [4.78, 5) is 49.5. The van der Waals surface area contributed by atoms with E-state index in [0.717, 1.165) is 34.6 Å². The molecule has 0 bridgehead atoms. The Morgan fingerprint density at radius 1 is 1.12 bits per heavy atom. The fourth-order valence-electron chi connectivity index (χ4n) is 5.12. The number of aromatic nitrogens is 2. The molecule has 170 valence electrons. The summed E-state index contributed by atoms with van der Waals surface area (Å²) in [5.74, 6) is -0.613. The van der Waals surface area contributed by atoms with Crippen molar-refractivity contribution in [2.45, 2.75) is 37.0 Å². The molecular formula is C25H25FN4O3. The average molecular weight is 448 g/mol. The number of imidazole rings is 1. The van der Waals surface area contributed by atoms with Crippen molar-refractivity contribution in [2.75, 3.05) is 20.1 Å². The maximum absolute atomic E-state index is 14.7. The van der Waals surface area contributed by atoms with Crippen molar-refractivity contribution in [3.63, 3.8) is 0 Å². The van der Waals surface area contributed by atoms with Gasteiger partial charge in [0.15, 0.2) is 0 Å². The molecule has 33 heavy (non-hydrogen) atoms. The summed E-state index contributed by atoms with van der Waals surface area (Å²) in [6, 6.07) is 13.8. The third-order valence-electron chi connectivity index (χ3n) is 7.03.